The van der Waals surface area contributed by atoms with E-state index in [0.717, 1.165) is 5.56 Å². The van der Waals surface area contributed by atoms with Crippen LogP contribution in [-0.2, 0) is 25.2 Å². The van der Waals surface area contributed by atoms with Crippen molar-refractivity contribution in [1.82, 2.24) is 0 Å². The summed E-state index contributed by atoms with van der Waals surface area (Å²) in [4.78, 5) is 0. The predicted molar refractivity (Wildman–Crippen MR) is 48.4 cm³/mol. The molecule has 1 nitrogen and oxygen atoms in total. The number of hydrogen-bond acceptors (Lipinski definition) is 1. The summed E-state index contributed by atoms with van der Waals surface area (Å²) >= 11 is 0. The van der Waals surface area contributed by atoms with Crippen molar-refractivity contribution in [1.29, 1.82) is 0 Å². The molecule has 67 valence electrons. The topological polar surface area (TPSA) is 20.2 Å². The van der Waals surface area contributed by atoms with Gasteiger partial charge in [-0.25, -0.2) is 0 Å². The minimum atomic E-state index is 0. The third-order valence-corrected chi connectivity index (χ3v) is 1.30. The second-order valence-electron chi connectivity index (χ2n) is 2.14. The molecule has 1 aromatic carbocycles. The van der Waals surface area contributed by atoms with Crippen molar-refractivity contribution < 1.29 is 23.7 Å². The normalized spacial score (nSPS) is 7.67. The van der Waals surface area contributed by atoms with Crippen LogP contribution in [0.5, 0.6) is 0 Å². The van der Waals surface area contributed by atoms with Gasteiger partial charge in [-0.2, -0.15) is 0 Å². The van der Waals surface area contributed by atoms with Gasteiger partial charge in [-0.3, -0.25) is 0 Å². The Morgan fingerprint density at radius 3 is 1.83 bits per heavy atom. The average Bonchev–Trinajstić information content (AvgIpc) is 2.10. The van der Waals surface area contributed by atoms with Crippen LogP contribution >= 0.6 is 0 Å². The van der Waals surface area contributed by atoms with Gasteiger partial charge in [0.2, 0.25) is 0 Å². The Morgan fingerprint density at radius 2 is 1.50 bits per heavy atom. The van der Waals surface area contributed by atoms with E-state index in [9.17, 15) is 0 Å². The Labute approximate surface area is 86.7 Å². The summed E-state index contributed by atoms with van der Waals surface area (Å²) < 4.78 is 0. The molecule has 0 aromatic heterocycles. The van der Waals surface area contributed by atoms with Gasteiger partial charge in [0, 0.05) is 18.6 Å². The third-order valence-electron chi connectivity index (χ3n) is 1.30. The number of benzene rings is 1. The Balaban J connectivity index is 0. The molecule has 1 N–H and O–H groups in total. The van der Waals surface area contributed by atoms with Gasteiger partial charge in [0.25, 0.3) is 0 Å². The van der Waals surface area contributed by atoms with Crippen LogP contribution in [0.1, 0.15) is 25.0 Å². The van der Waals surface area contributed by atoms with Crippen molar-refractivity contribution in [2.24, 2.45) is 0 Å². The van der Waals surface area contributed by atoms with Gasteiger partial charge in [-0.05, 0) is 12.5 Å². The van der Waals surface area contributed by atoms with Gasteiger partial charge in [0.1, 0.15) is 0 Å². The average molecular weight is 203 g/mol. The first-order valence-corrected chi connectivity index (χ1v) is 3.99. The molecule has 1 radical (unpaired) electrons. The van der Waals surface area contributed by atoms with E-state index in [1.807, 2.05) is 45.0 Å². The van der Waals surface area contributed by atoms with E-state index in [4.69, 9.17) is 5.11 Å². The van der Waals surface area contributed by atoms with E-state index >= 15 is 0 Å². The Kier molecular flexibility index (Phi) is 10.6. The van der Waals surface area contributed by atoms with E-state index in [0.29, 0.717) is 0 Å². The second-order valence-corrected chi connectivity index (χ2v) is 2.14. The second kappa shape index (κ2) is 8.86. The predicted octanol–water partition coefficient (Wildman–Crippen LogP) is 2.51. The summed E-state index contributed by atoms with van der Waals surface area (Å²) in [5, 5.41) is 8.63. The van der Waals surface area contributed by atoms with Crippen LogP contribution in [0.25, 0.3) is 0 Å². The summed E-state index contributed by atoms with van der Waals surface area (Å²) in [7, 11) is 0. The fraction of sp³-hybridized carbons (Fsp3) is 0.400. The van der Waals surface area contributed by atoms with E-state index in [1.165, 1.54) is 5.56 Å². The molecule has 0 spiro atoms. The minimum Gasteiger partial charge on any atom is -0.392 e. The number of aliphatic hydroxyl groups is 1. The summed E-state index contributed by atoms with van der Waals surface area (Å²) in [5.74, 6) is 0. The fourth-order valence-electron chi connectivity index (χ4n) is 0.693. The minimum absolute atomic E-state index is 0. The van der Waals surface area contributed by atoms with Crippen LogP contribution in [0.2, 0.25) is 0 Å². The summed E-state index contributed by atoms with van der Waals surface area (Å²) in [6, 6.07) is 7.84. The Morgan fingerprint density at radius 1 is 1.08 bits per heavy atom. The van der Waals surface area contributed by atoms with Crippen molar-refractivity contribution in [2.45, 2.75) is 27.4 Å². The maximum absolute atomic E-state index is 8.63. The van der Waals surface area contributed by atoms with Crippen LogP contribution in [0.3, 0.4) is 0 Å². The van der Waals surface area contributed by atoms with Crippen molar-refractivity contribution in [2.75, 3.05) is 0 Å². The monoisotopic (exact) mass is 203 g/mol. The van der Waals surface area contributed by atoms with Crippen molar-refractivity contribution in [3.8, 4) is 0 Å². The smallest absolute Gasteiger partial charge is 0.0681 e. The zero-order valence-electron chi connectivity index (χ0n) is 7.91. The number of aryl methyl sites for hydroxylation is 1. The first-order chi connectivity index (χ1) is 5.33. The Hall–Kier alpha value is -0.236. The van der Waals surface area contributed by atoms with Crippen molar-refractivity contribution in [3.05, 3.63) is 35.4 Å². The van der Waals surface area contributed by atoms with Gasteiger partial charge in [-0.15, -0.1) is 0 Å². The number of aliphatic hydroxyl groups excluding tert-OH is 1. The number of rotatable bonds is 1. The quantitative estimate of drug-likeness (QED) is 0.743. The maximum Gasteiger partial charge on any atom is 0.0681 e. The van der Waals surface area contributed by atoms with Crippen molar-refractivity contribution in [3.63, 3.8) is 0 Å². The SMILES string of the molecule is CC.Cc1ccc(CO)cc1.[V]. The molecule has 0 heterocycles. The molecule has 0 amide bonds. The van der Waals surface area contributed by atoms with Gasteiger partial charge in [0.15, 0.2) is 0 Å². The van der Waals surface area contributed by atoms with Gasteiger partial charge in [0.05, 0.1) is 6.61 Å². The molecule has 2 heteroatoms. The third kappa shape index (κ3) is 5.42. The van der Waals surface area contributed by atoms with Crippen LogP contribution in [0.15, 0.2) is 24.3 Å². The summed E-state index contributed by atoms with van der Waals surface area (Å²) in [6.07, 6.45) is 0. The van der Waals surface area contributed by atoms with E-state index in [1.54, 1.807) is 0 Å². The molecule has 12 heavy (non-hydrogen) atoms. The van der Waals surface area contributed by atoms with Crippen LogP contribution in [-0.4, -0.2) is 5.11 Å². The molecular formula is C10H16OV. The van der Waals surface area contributed by atoms with Crippen LogP contribution < -0.4 is 0 Å². The van der Waals surface area contributed by atoms with Crippen molar-refractivity contribution >= 4 is 0 Å². The molecule has 0 unspecified atom stereocenters. The molecule has 0 aliphatic heterocycles. The molecule has 0 atom stereocenters. The molecule has 0 saturated carbocycles. The first kappa shape index (κ1) is 14.3. The van der Waals surface area contributed by atoms with E-state index in [2.05, 4.69) is 0 Å². The summed E-state index contributed by atoms with van der Waals surface area (Å²) in [6.45, 7) is 6.17. The zero-order chi connectivity index (χ0) is 8.69. The first-order valence-electron chi connectivity index (χ1n) is 3.99. The standard InChI is InChI=1S/C8H10O.C2H6.V/c1-7-2-4-8(6-9)5-3-7;1-2;/h2-5,9H,6H2,1H3;1-2H3;. The largest absolute Gasteiger partial charge is 0.392 e. The maximum atomic E-state index is 8.63. The van der Waals surface area contributed by atoms with Crippen LogP contribution in [0.4, 0.5) is 0 Å². The molecule has 0 bridgehead atoms. The molecular weight excluding hydrogens is 187 g/mol. The molecule has 0 aliphatic carbocycles. The molecule has 1 aromatic rings. The number of hydrogen-bond donors (Lipinski definition) is 1. The van der Waals surface area contributed by atoms with E-state index in [-0.39, 0.29) is 25.2 Å². The van der Waals surface area contributed by atoms with Crippen LogP contribution in [0, 0.1) is 6.92 Å². The Bertz CT molecular complexity index is 182. The van der Waals surface area contributed by atoms with E-state index < -0.39 is 0 Å². The van der Waals surface area contributed by atoms with Gasteiger partial charge < -0.3 is 5.11 Å². The molecule has 1 rings (SSSR count). The van der Waals surface area contributed by atoms with Gasteiger partial charge >= 0.3 is 0 Å². The molecule has 0 aliphatic rings. The summed E-state index contributed by atoms with van der Waals surface area (Å²) in [5.41, 5.74) is 2.20. The fourth-order valence-corrected chi connectivity index (χ4v) is 0.693. The van der Waals surface area contributed by atoms with Gasteiger partial charge in [-0.1, -0.05) is 43.7 Å². The molecule has 0 saturated heterocycles. The molecule has 0 fully saturated rings. The zero-order valence-corrected chi connectivity index (χ0v) is 9.31.